The van der Waals surface area contributed by atoms with Crippen molar-refractivity contribution in [1.82, 2.24) is 0 Å². The first-order valence-corrected chi connectivity index (χ1v) is 10.3. The molecule has 0 amide bonds. The Labute approximate surface area is 116 Å². The summed E-state index contributed by atoms with van der Waals surface area (Å²) in [6, 6.07) is 0. The van der Waals surface area contributed by atoms with Crippen LogP contribution in [0.2, 0.25) is 0 Å². The quantitative estimate of drug-likeness (QED) is 0.389. The van der Waals surface area contributed by atoms with Crippen molar-refractivity contribution < 1.29 is 4.52 Å². The van der Waals surface area contributed by atoms with Gasteiger partial charge >= 0.3 is 0 Å². The molecule has 110 valence electrons. The predicted molar refractivity (Wildman–Crippen MR) is 87.1 cm³/mol. The van der Waals surface area contributed by atoms with Crippen LogP contribution in [0.1, 0.15) is 79.1 Å². The van der Waals surface area contributed by atoms with Gasteiger partial charge in [-0.1, -0.05) is 47.0 Å². The van der Waals surface area contributed by atoms with E-state index < -0.39 is 7.49 Å². The summed E-state index contributed by atoms with van der Waals surface area (Å²) in [6.07, 6.45) is 13.5. The lowest BCUT2D eigenvalue weighted by atomic mass is 10.2. The average molecular weight is 275 g/mol. The molecule has 0 aromatic heterocycles. The van der Waals surface area contributed by atoms with Crippen molar-refractivity contribution in [3.8, 4) is 0 Å². The first kappa shape index (κ1) is 18.4. The molecule has 0 aromatic rings. The molecular formula is C16H36OP+. The van der Waals surface area contributed by atoms with Crippen LogP contribution in [0.15, 0.2) is 0 Å². The highest BCUT2D eigenvalue weighted by molar-refractivity contribution is 7.71. The molecule has 0 heterocycles. The van der Waals surface area contributed by atoms with Crippen LogP contribution in [0.3, 0.4) is 0 Å². The van der Waals surface area contributed by atoms with Crippen molar-refractivity contribution in [2.75, 3.05) is 19.4 Å². The van der Waals surface area contributed by atoms with Crippen molar-refractivity contribution in [3.63, 3.8) is 0 Å². The Hall–Kier alpha value is 0.390. The zero-order valence-electron chi connectivity index (χ0n) is 13.5. The van der Waals surface area contributed by atoms with Gasteiger partial charge in [0.05, 0.1) is 25.1 Å². The highest BCUT2D eigenvalue weighted by Gasteiger charge is 2.44. The van der Waals surface area contributed by atoms with Gasteiger partial charge in [-0.2, -0.15) is 0 Å². The van der Waals surface area contributed by atoms with Crippen molar-refractivity contribution in [2.45, 2.75) is 84.7 Å². The summed E-state index contributed by atoms with van der Waals surface area (Å²) in [6.45, 7) is 9.28. The molecule has 0 aromatic carbocycles. The van der Waals surface area contributed by atoms with Gasteiger partial charge in [0.25, 0.3) is 0 Å². The van der Waals surface area contributed by atoms with E-state index in [0.29, 0.717) is 0 Å². The van der Waals surface area contributed by atoms with E-state index in [9.17, 15) is 0 Å². The predicted octanol–water partition coefficient (Wildman–Crippen LogP) is 6.13. The van der Waals surface area contributed by atoms with Crippen LogP contribution >= 0.6 is 7.49 Å². The zero-order valence-corrected chi connectivity index (χ0v) is 14.4. The van der Waals surface area contributed by atoms with Crippen LogP contribution in [0.25, 0.3) is 0 Å². The van der Waals surface area contributed by atoms with Crippen LogP contribution in [0, 0.1) is 0 Å². The summed E-state index contributed by atoms with van der Waals surface area (Å²) >= 11 is 0. The third kappa shape index (κ3) is 6.02. The normalized spacial score (nSPS) is 13.8. The molecule has 0 fully saturated rings. The number of unbranched alkanes of at least 4 members (excludes halogenated alkanes) is 3. The molecule has 1 nitrogen and oxygen atoms in total. The van der Waals surface area contributed by atoms with Gasteiger partial charge in [-0.15, -0.1) is 0 Å². The smallest absolute Gasteiger partial charge is 0.148 e. The standard InChI is InChI=1S/C16H36OP/c1-6-10-13-16(9-4)18(17-5,14-11-7-2)15-12-8-3/h16H,6-15H2,1-5H3/q+1. The van der Waals surface area contributed by atoms with Crippen LogP contribution in [-0.2, 0) is 4.52 Å². The summed E-state index contributed by atoms with van der Waals surface area (Å²) in [5, 5.41) is 0. The van der Waals surface area contributed by atoms with E-state index in [-0.39, 0.29) is 0 Å². The Bertz CT molecular complexity index is 174. The second-order valence-corrected chi connectivity index (χ2v) is 9.39. The van der Waals surface area contributed by atoms with E-state index in [1.807, 2.05) is 7.11 Å². The Morgan fingerprint density at radius 2 is 1.33 bits per heavy atom. The van der Waals surface area contributed by atoms with Gasteiger partial charge in [0.2, 0.25) is 0 Å². The van der Waals surface area contributed by atoms with Crippen LogP contribution < -0.4 is 0 Å². The molecule has 0 saturated heterocycles. The Kier molecular flexibility index (Phi) is 11.5. The largest absolute Gasteiger partial charge is 0.241 e. The highest BCUT2D eigenvalue weighted by Crippen LogP contribution is 2.66. The minimum Gasteiger partial charge on any atom is -0.241 e. The molecule has 0 radical (unpaired) electrons. The van der Waals surface area contributed by atoms with Gasteiger partial charge < -0.3 is 0 Å². The Balaban J connectivity index is 4.72. The summed E-state index contributed by atoms with van der Waals surface area (Å²) in [4.78, 5) is 0. The minimum absolute atomic E-state index is 0.862. The molecule has 1 atom stereocenters. The van der Waals surface area contributed by atoms with Crippen molar-refractivity contribution in [2.24, 2.45) is 0 Å². The van der Waals surface area contributed by atoms with E-state index >= 15 is 0 Å². The van der Waals surface area contributed by atoms with E-state index in [2.05, 4.69) is 27.7 Å². The molecule has 0 aliphatic rings. The van der Waals surface area contributed by atoms with Gasteiger partial charge in [0, 0.05) is 0 Å². The molecule has 0 rings (SSSR count). The zero-order chi connectivity index (χ0) is 13.9. The third-order valence-electron chi connectivity index (χ3n) is 4.17. The number of hydrogen-bond acceptors (Lipinski definition) is 1. The molecule has 2 heteroatoms. The fraction of sp³-hybridized carbons (Fsp3) is 1.00. The lowest BCUT2D eigenvalue weighted by Crippen LogP contribution is -2.20. The van der Waals surface area contributed by atoms with E-state index in [0.717, 1.165) is 5.66 Å². The maximum absolute atomic E-state index is 6.20. The van der Waals surface area contributed by atoms with Crippen molar-refractivity contribution in [1.29, 1.82) is 0 Å². The maximum Gasteiger partial charge on any atom is 0.148 e. The van der Waals surface area contributed by atoms with Gasteiger partial charge in [-0.25, -0.2) is 4.52 Å². The monoisotopic (exact) mass is 275 g/mol. The number of hydrogen-bond donors (Lipinski definition) is 0. The SMILES string of the molecule is CCCCC(CC)[P+](CCCC)(CCCC)OC. The minimum atomic E-state index is -1.15. The van der Waals surface area contributed by atoms with E-state index in [4.69, 9.17) is 4.52 Å². The first-order valence-electron chi connectivity index (χ1n) is 8.13. The molecule has 0 N–H and O–H groups in total. The highest BCUT2D eigenvalue weighted by atomic mass is 31.2. The summed E-state index contributed by atoms with van der Waals surface area (Å²) in [5.41, 5.74) is 0.862. The maximum atomic E-state index is 6.20. The fourth-order valence-corrected chi connectivity index (χ4v) is 7.51. The van der Waals surface area contributed by atoms with Gasteiger partial charge in [0.1, 0.15) is 7.49 Å². The molecule has 0 saturated carbocycles. The van der Waals surface area contributed by atoms with Crippen LogP contribution in [-0.4, -0.2) is 25.1 Å². The van der Waals surface area contributed by atoms with Gasteiger partial charge in [-0.05, 0) is 32.1 Å². The topological polar surface area (TPSA) is 9.23 Å². The summed E-state index contributed by atoms with van der Waals surface area (Å²) in [5.74, 6) is 0. The molecule has 0 aliphatic carbocycles. The summed E-state index contributed by atoms with van der Waals surface area (Å²) in [7, 11) is 0.844. The molecule has 0 bridgehead atoms. The van der Waals surface area contributed by atoms with E-state index in [1.165, 1.54) is 63.7 Å². The first-order chi connectivity index (χ1) is 8.70. The lowest BCUT2D eigenvalue weighted by Gasteiger charge is -2.32. The Morgan fingerprint density at radius 1 is 0.833 bits per heavy atom. The molecular weight excluding hydrogens is 239 g/mol. The lowest BCUT2D eigenvalue weighted by molar-refractivity contribution is 0.422. The third-order valence-corrected chi connectivity index (χ3v) is 9.00. The average Bonchev–Trinajstić information content (AvgIpc) is 2.41. The second kappa shape index (κ2) is 11.2. The Morgan fingerprint density at radius 3 is 1.67 bits per heavy atom. The molecule has 0 spiro atoms. The second-order valence-electron chi connectivity index (χ2n) is 5.49. The molecule has 0 aliphatic heterocycles. The van der Waals surface area contributed by atoms with Crippen LogP contribution in [0.4, 0.5) is 0 Å². The van der Waals surface area contributed by atoms with E-state index in [1.54, 1.807) is 0 Å². The molecule has 1 unspecified atom stereocenters. The van der Waals surface area contributed by atoms with Crippen molar-refractivity contribution in [3.05, 3.63) is 0 Å². The number of rotatable bonds is 12. The fourth-order valence-electron chi connectivity index (χ4n) is 2.87. The summed E-state index contributed by atoms with van der Waals surface area (Å²) < 4.78 is 6.20. The van der Waals surface area contributed by atoms with Crippen molar-refractivity contribution >= 4 is 7.49 Å². The molecule has 18 heavy (non-hydrogen) atoms. The van der Waals surface area contributed by atoms with Gasteiger partial charge in [-0.3, -0.25) is 0 Å². The van der Waals surface area contributed by atoms with Crippen LogP contribution in [0.5, 0.6) is 0 Å². The van der Waals surface area contributed by atoms with Gasteiger partial charge in [0.15, 0.2) is 0 Å².